The van der Waals surface area contributed by atoms with Crippen molar-refractivity contribution in [2.75, 3.05) is 11.9 Å². The van der Waals surface area contributed by atoms with Crippen LogP contribution in [0.2, 0.25) is 0 Å². The average Bonchev–Trinajstić information content (AvgIpc) is 3.39. The first-order valence-corrected chi connectivity index (χ1v) is 11.6. The van der Waals surface area contributed by atoms with Gasteiger partial charge in [0.25, 0.3) is 0 Å². The van der Waals surface area contributed by atoms with Gasteiger partial charge in [-0.2, -0.15) is 0 Å². The lowest BCUT2D eigenvalue weighted by molar-refractivity contribution is -0.142. The molecule has 0 aromatic heterocycles. The smallest absolute Gasteiger partial charge is 0.250 e. The fourth-order valence-electron chi connectivity index (χ4n) is 5.83. The lowest BCUT2D eigenvalue weighted by Gasteiger charge is -2.29. The van der Waals surface area contributed by atoms with Crippen LogP contribution in [0.3, 0.4) is 0 Å². The van der Waals surface area contributed by atoms with Crippen molar-refractivity contribution < 1.29 is 19.2 Å². The number of rotatable bonds is 6. The van der Waals surface area contributed by atoms with E-state index in [1.165, 1.54) is 4.90 Å². The molecule has 176 valence electrons. The van der Waals surface area contributed by atoms with Crippen LogP contribution in [0.5, 0.6) is 0 Å². The molecule has 4 unspecified atom stereocenters. The van der Waals surface area contributed by atoms with Gasteiger partial charge in [0.15, 0.2) is 0 Å². The Kier molecular flexibility index (Phi) is 5.28. The van der Waals surface area contributed by atoms with Crippen LogP contribution in [-0.4, -0.2) is 41.1 Å². The Morgan fingerprint density at radius 3 is 2.50 bits per heavy atom. The van der Waals surface area contributed by atoms with E-state index in [0.717, 1.165) is 16.7 Å². The van der Waals surface area contributed by atoms with Crippen molar-refractivity contribution in [2.24, 2.45) is 17.6 Å². The van der Waals surface area contributed by atoms with Crippen molar-refractivity contribution >= 4 is 29.3 Å². The standard InChI is InChI=1S/C26H28N4O4/c1-14-8-9-17-22(15(14)2)28-25(34)26(17)21-20(18(29-26)10-11-19(27)31)23(32)30(24(21)33)13-12-16-6-4-3-5-7-16/h3-9,18,20-21,29H,10-13H2,1-2H3,(H2,27,31)(H,28,34). The number of imide groups is 1. The highest BCUT2D eigenvalue weighted by Crippen LogP contribution is 2.54. The summed E-state index contributed by atoms with van der Waals surface area (Å²) in [5.74, 6) is -3.08. The van der Waals surface area contributed by atoms with Gasteiger partial charge in [0.05, 0.1) is 11.8 Å². The first-order chi connectivity index (χ1) is 16.3. The highest BCUT2D eigenvalue weighted by atomic mass is 16.2. The zero-order valence-corrected chi connectivity index (χ0v) is 19.3. The number of aryl methyl sites for hydroxylation is 1. The SMILES string of the molecule is Cc1ccc2c(c1C)NC(=O)C21NC(CCC(N)=O)C2C(=O)N(CCc3ccccc3)C(=O)C21. The molecule has 8 nitrogen and oxygen atoms in total. The summed E-state index contributed by atoms with van der Waals surface area (Å²) in [5, 5.41) is 6.31. The molecule has 34 heavy (non-hydrogen) atoms. The van der Waals surface area contributed by atoms with Crippen LogP contribution in [0.4, 0.5) is 5.69 Å². The van der Waals surface area contributed by atoms with E-state index in [0.29, 0.717) is 17.7 Å². The van der Waals surface area contributed by atoms with E-state index in [-0.39, 0.29) is 37.1 Å². The third-order valence-corrected chi connectivity index (χ3v) is 7.68. The quantitative estimate of drug-likeness (QED) is 0.565. The van der Waals surface area contributed by atoms with Crippen LogP contribution in [-0.2, 0) is 31.1 Å². The van der Waals surface area contributed by atoms with Gasteiger partial charge in [0, 0.05) is 30.3 Å². The minimum absolute atomic E-state index is 0.0594. The van der Waals surface area contributed by atoms with Gasteiger partial charge in [0.2, 0.25) is 23.6 Å². The number of anilines is 1. The van der Waals surface area contributed by atoms with Crippen molar-refractivity contribution in [1.82, 2.24) is 10.2 Å². The van der Waals surface area contributed by atoms with Gasteiger partial charge < -0.3 is 11.1 Å². The molecule has 0 aliphatic carbocycles. The number of carbonyl (C=O) groups excluding carboxylic acids is 4. The number of amides is 4. The van der Waals surface area contributed by atoms with E-state index in [9.17, 15) is 19.2 Å². The maximum atomic E-state index is 13.8. The Morgan fingerprint density at radius 1 is 1.06 bits per heavy atom. The predicted octanol–water partition coefficient (Wildman–Crippen LogP) is 1.53. The van der Waals surface area contributed by atoms with Crippen molar-refractivity contribution in [3.63, 3.8) is 0 Å². The molecule has 0 radical (unpaired) electrons. The van der Waals surface area contributed by atoms with Crippen LogP contribution < -0.4 is 16.4 Å². The first kappa shape index (κ1) is 22.3. The maximum Gasteiger partial charge on any atom is 0.250 e. The number of likely N-dealkylation sites (tertiary alicyclic amines) is 1. The van der Waals surface area contributed by atoms with Crippen molar-refractivity contribution in [3.05, 3.63) is 64.7 Å². The summed E-state index contributed by atoms with van der Waals surface area (Å²) in [7, 11) is 0. The van der Waals surface area contributed by atoms with Gasteiger partial charge in [0.1, 0.15) is 5.54 Å². The molecule has 4 amide bonds. The Labute approximate surface area is 197 Å². The van der Waals surface area contributed by atoms with Gasteiger partial charge in [-0.25, -0.2) is 0 Å². The molecule has 2 saturated heterocycles. The minimum atomic E-state index is -1.35. The van der Waals surface area contributed by atoms with Crippen LogP contribution in [0.25, 0.3) is 0 Å². The monoisotopic (exact) mass is 460 g/mol. The summed E-state index contributed by atoms with van der Waals surface area (Å²) in [6.45, 7) is 4.13. The molecule has 2 aromatic carbocycles. The molecule has 2 aromatic rings. The number of fused-ring (bicyclic) bond motifs is 4. The van der Waals surface area contributed by atoms with E-state index in [4.69, 9.17) is 5.73 Å². The molecule has 4 atom stereocenters. The average molecular weight is 461 g/mol. The second-order valence-corrected chi connectivity index (χ2v) is 9.52. The molecule has 5 rings (SSSR count). The number of hydrogen-bond donors (Lipinski definition) is 3. The van der Waals surface area contributed by atoms with E-state index in [2.05, 4.69) is 10.6 Å². The summed E-state index contributed by atoms with van der Waals surface area (Å²) >= 11 is 0. The summed E-state index contributed by atoms with van der Waals surface area (Å²) < 4.78 is 0. The summed E-state index contributed by atoms with van der Waals surface area (Å²) in [6, 6.07) is 12.9. The molecule has 3 aliphatic rings. The molecule has 3 heterocycles. The maximum absolute atomic E-state index is 13.8. The van der Waals surface area contributed by atoms with Gasteiger partial charge in [-0.15, -0.1) is 0 Å². The van der Waals surface area contributed by atoms with E-state index in [1.54, 1.807) is 0 Å². The third-order valence-electron chi connectivity index (χ3n) is 7.68. The summed E-state index contributed by atoms with van der Waals surface area (Å²) in [6.07, 6.45) is 0.867. The Bertz CT molecular complexity index is 1210. The van der Waals surface area contributed by atoms with Crippen molar-refractivity contribution in [1.29, 1.82) is 0 Å². The van der Waals surface area contributed by atoms with Crippen molar-refractivity contribution in [2.45, 2.75) is 44.7 Å². The zero-order valence-electron chi connectivity index (χ0n) is 19.3. The van der Waals surface area contributed by atoms with Crippen molar-refractivity contribution in [3.8, 4) is 0 Å². The second kappa shape index (κ2) is 8.06. The Morgan fingerprint density at radius 2 is 1.79 bits per heavy atom. The van der Waals surface area contributed by atoms with Gasteiger partial charge in [-0.1, -0.05) is 42.5 Å². The molecule has 1 spiro atoms. The normalized spacial score (nSPS) is 27.3. The van der Waals surface area contributed by atoms with Crippen LogP contribution >= 0.6 is 0 Å². The van der Waals surface area contributed by atoms with E-state index in [1.807, 2.05) is 56.3 Å². The molecule has 3 aliphatic heterocycles. The van der Waals surface area contributed by atoms with Crippen LogP contribution in [0, 0.1) is 25.7 Å². The van der Waals surface area contributed by atoms with Crippen LogP contribution in [0.1, 0.15) is 35.1 Å². The number of carbonyl (C=O) groups is 4. The van der Waals surface area contributed by atoms with E-state index < -0.39 is 29.3 Å². The molecule has 8 heteroatoms. The summed E-state index contributed by atoms with van der Waals surface area (Å²) in [5.41, 5.74) is 8.38. The van der Waals surface area contributed by atoms with Gasteiger partial charge in [-0.3, -0.25) is 29.4 Å². The molecule has 4 N–H and O–H groups in total. The minimum Gasteiger partial charge on any atom is -0.370 e. The highest BCUT2D eigenvalue weighted by Gasteiger charge is 2.70. The molecule has 0 saturated carbocycles. The van der Waals surface area contributed by atoms with E-state index >= 15 is 0 Å². The zero-order chi connectivity index (χ0) is 24.2. The number of nitrogens with one attached hydrogen (secondary N) is 2. The number of benzene rings is 2. The van der Waals surface area contributed by atoms with Gasteiger partial charge >= 0.3 is 0 Å². The summed E-state index contributed by atoms with van der Waals surface area (Å²) in [4.78, 5) is 53.7. The Balaban J connectivity index is 1.55. The van der Waals surface area contributed by atoms with Crippen LogP contribution in [0.15, 0.2) is 42.5 Å². The second-order valence-electron chi connectivity index (χ2n) is 9.52. The Hall–Kier alpha value is -3.52. The van der Waals surface area contributed by atoms with Gasteiger partial charge in [-0.05, 0) is 43.4 Å². The predicted molar refractivity (Wildman–Crippen MR) is 125 cm³/mol. The lowest BCUT2D eigenvalue weighted by Crippen LogP contribution is -2.53. The molecule has 0 bridgehead atoms. The fraction of sp³-hybridized carbons (Fsp3) is 0.385. The highest BCUT2D eigenvalue weighted by molar-refractivity contribution is 6.15. The first-order valence-electron chi connectivity index (χ1n) is 11.6. The molecule has 2 fully saturated rings. The number of hydrogen-bond acceptors (Lipinski definition) is 5. The fourth-order valence-corrected chi connectivity index (χ4v) is 5.83. The number of nitrogens with two attached hydrogens (primary N) is 1. The number of nitrogens with zero attached hydrogens (tertiary/aromatic N) is 1. The third kappa shape index (κ3) is 3.16. The molecular formula is C26H28N4O4. The topological polar surface area (TPSA) is 122 Å². The molecular weight excluding hydrogens is 432 g/mol. The largest absolute Gasteiger partial charge is 0.370 e. The number of primary amides is 1. The lowest BCUT2D eigenvalue weighted by atomic mass is 9.76.